The minimum atomic E-state index is -4.75. The monoisotopic (exact) mass is 327 g/mol. The van der Waals surface area contributed by atoms with Crippen LogP contribution in [0.3, 0.4) is 0 Å². The lowest BCUT2D eigenvalue weighted by Gasteiger charge is -2.15. The first kappa shape index (κ1) is 16.5. The van der Waals surface area contributed by atoms with E-state index in [0.717, 1.165) is 18.2 Å². The van der Waals surface area contributed by atoms with Crippen molar-refractivity contribution in [2.75, 3.05) is 0 Å². The number of nitrogens with zero attached hydrogens (tertiary/aromatic N) is 1. The van der Waals surface area contributed by atoms with Crippen LogP contribution >= 0.6 is 0 Å². The molecule has 0 saturated heterocycles. The van der Waals surface area contributed by atoms with E-state index in [2.05, 4.69) is 20.3 Å². The van der Waals surface area contributed by atoms with Gasteiger partial charge in [0.2, 0.25) is 0 Å². The van der Waals surface area contributed by atoms with Crippen molar-refractivity contribution in [3.8, 4) is 5.75 Å². The van der Waals surface area contributed by atoms with Crippen LogP contribution in [0, 0.1) is 0 Å². The zero-order valence-corrected chi connectivity index (χ0v) is 11.8. The molecule has 1 amide bonds. The summed E-state index contributed by atoms with van der Waals surface area (Å²) >= 11 is 0. The maximum absolute atomic E-state index is 12.1. The molecular weight excluding hydrogens is 315 g/mol. The number of alkyl halides is 3. The third-order valence-corrected chi connectivity index (χ3v) is 2.87. The van der Waals surface area contributed by atoms with E-state index in [0.29, 0.717) is 5.56 Å². The van der Waals surface area contributed by atoms with Gasteiger partial charge in [0.05, 0.1) is 6.04 Å². The molecule has 1 heterocycles. The minimum Gasteiger partial charge on any atom is -0.406 e. The highest BCUT2D eigenvalue weighted by atomic mass is 19.4. The Balaban J connectivity index is 2.02. The molecule has 2 rings (SSSR count). The third-order valence-electron chi connectivity index (χ3n) is 2.87. The molecule has 0 unspecified atom stereocenters. The summed E-state index contributed by atoms with van der Waals surface area (Å²) in [6.45, 7) is 1.66. The van der Waals surface area contributed by atoms with Crippen molar-refractivity contribution in [3.05, 3.63) is 58.0 Å². The van der Waals surface area contributed by atoms with Gasteiger partial charge in [0.25, 0.3) is 11.5 Å². The van der Waals surface area contributed by atoms with Crippen LogP contribution in [0.2, 0.25) is 0 Å². The molecule has 0 radical (unpaired) electrons. The molecule has 1 atom stereocenters. The molecule has 9 heteroatoms. The molecule has 0 fully saturated rings. The van der Waals surface area contributed by atoms with Crippen LogP contribution < -0.4 is 15.6 Å². The van der Waals surface area contributed by atoms with Crippen LogP contribution in [0.25, 0.3) is 0 Å². The second kappa shape index (κ2) is 6.51. The predicted octanol–water partition coefficient (Wildman–Crippen LogP) is 2.16. The van der Waals surface area contributed by atoms with Crippen LogP contribution in [-0.4, -0.2) is 22.5 Å². The van der Waals surface area contributed by atoms with Gasteiger partial charge < -0.3 is 10.1 Å². The molecule has 2 N–H and O–H groups in total. The number of rotatable bonds is 4. The maximum atomic E-state index is 12.1. The number of hydrogen-bond acceptors (Lipinski definition) is 4. The fraction of sp³-hybridized carbons (Fsp3) is 0.214. The van der Waals surface area contributed by atoms with Gasteiger partial charge >= 0.3 is 6.36 Å². The van der Waals surface area contributed by atoms with Crippen molar-refractivity contribution >= 4 is 5.91 Å². The number of H-pyrrole nitrogens is 1. The first-order chi connectivity index (χ1) is 10.7. The van der Waals surface area contributed by atoms with Crippen LogP contribution in [0.15, 0.2) is 41.2 Å². The summed E-state index contributed by atoms with van der Waals surface area (Å²) in [5.74, 6) is -0.869. The minimum absolute atomic E-state index is 0.0217. The number of halogens is 3. The summed E-state index contributed by atoms with van der Waals surface area (Å²) < 4.78 is 40.0. The summed E-state index contributed by atoms with van der Waals surface area (Å²) in [7, 11) is 0. The highest BCUT2D eigenvalue weighted by Gasteiger charge is 2.31. The zero-order valence-electron chi connectivity index (χ0n) is 11.8. The van der Waals surface area contributed by atoms with Crippen molar-refractivity contribution in [1.29, 1.82) is 0 Å². The van der Waals surface area contributed by atoms with Gasteiger partial charge in [-0.25, -0.2) is 5.10 Å². The molecule has 0 aliphatic heterocycles. The van der Waals surface area contributed by atoms with Gasteiger partial charge in [-0.15, -0.1) is 13.2 Å². The molecule has 2 aromatic rings. The summed E-state index contributed by atoms with van der Waals surface area (Å²) in [6, 6.07) is 7.08. The van der Waals surface area contributed by atoms with Gasteiger partial charge in [0, 0.05) is 6.07 Å². The Morgan fingerprint density at radius 2 is 1.87 bits per heavy atom. The van der Waals surface area contributed by atoms with Crippen molar-refractivity contribution in [1.82, 2.24) is 15.5 Å². The first-order valence-corrected chi connectivity index (χ1v) is 6.47. The number of ether oxygens (including phenoxy) is 1. The Morgan fingerprint density at radius 1 is 1.22 bits per heavy atom. The highest BCUT2D eigenvalue weighted by Crippen LogP contribution is 2.24. The van der Waals surface area contributed by atoms with Crippen LogP contribution in [-0.2, 0) is 0 Å². The summed E-state index contributed by atoms with van der Waals surface area (Å²) in [6.07, 6.45) is -4.75. The number of nitrogens with one attached hydrogen (secondary N) is 2. The number of benzene rings is 1. The standard InChI is InChI=1S/C14H12F3N3O3/c1-8(18-13(22)11-6-7-12(21)20-19-11)9-2-4-10(5-3-9)23-14(15,16)17/h2-8H,1H3,(H,18,22)(H,20,21)/t8-/m0/s1. The van der Waals surface area contributed by atoms with Gasteiger partial charge in [0.1, 0.15) is 11.4 Å². The van der Waals surface area contributed by atoms with Crippen LogP contribution in [0.5, 0.6) is 5.75 Å². The maximum Gasteiger partial charge on any atom is 0.573 e. The van der Waals surface area contributed by atoms with E-state index in [9.17, 15) is 22.8 Å². The molecule has 0 saturated carbocycles. The van der Waals surface area contributed by atoms with E-state index >= 15 is 0 Å². The molecule has 122 valence electrons. The van der Waals surface area contributed by atoms with Crippen molar-refractivity contribution < 1.29 is 22.7 Å². The topological polar surface area (TPSA) is 84.1 Å². The normalized spacial score (nSPS) is 12.5. The predicted molar refractivity (Wildman–Crippen MR) is 73.9 cm³/mol. The van der Waals surface area contributed by atoms with Crippen LogP contribution in [0.1, 0.15) is 29.0 Å². The average Bonchev–Trinajstić information content (AvgIpc) is 2.46. The molecular formula is C14H12F3N3O3. The van der Waals surface area contributed by atoms with Gasteiger partial charge in [-0.3, -0.25) is 9.59 Å². The number of amides is 1. The molecule has 0 aliphatic rings. The number of aromatic amines is 1. The summed E-state index contributed by atoms with van der Waals surface area (Å²) in [5.41, 5.74) is 0.167. The van der Waals surface area contributed by atoms with Gasteiger partial charge in [-0.05, 0) is 30.7 Å². The number of aromatic nitrogens is 2. The number of hydrogen-bond donors (Lipinski definition) is 2. The Bertz CT molecular complexity index is 721. The zero-order chi connectivity index (χ0) is 17.0. The van der Waals surface area contributed by atoms with E-state index in [1.54, 1.807) is 6.92 Å². The Labute approximate surface area is 128 Å². The molecule has 1 aromatic heterocycles. The molecule has 0 spiro atoms. The fourth-order valence-electron chi connectivity index (χ4n) is 1.78. The van der Waals surface area contributed by atoms with Crippen molar-refractivity contribution in [3.63, 3.8) is 0 Å². The van der Waals surface area contributed by atoms with Gasteiger partial charge in [-0.2, -0.15) is 5.10 Å². The van der Waals surface area contributed by atoms with E-state index in [1.807, 2.05) is 0 Å². The van der Waals surface area contributed by atoms with E-state index in [4.69, 9.17) is 0 Å². The Kier molecular flexibility index (Phi) is 4.68. The van der Waals surface area contributed by atoms with Gasteiger partial charge in [-0.1, -0.05) is 12.1 Å². The van der Waals surface area contributed by atoms with E-state index in [-0.39, 0.29) is 11.4 Å². The molecule has 6 nitrogen and oxygen atoms in total. The number of carbonyl (C=O) groups is 1. The van der Waals surface area contributed by atoms with E-state index < -0.39 is 23.9 Å². The smallest absolute Gasteiger partial charge is 0.406 e. The first-order valence-electron chi connectivity index (χ1n) is 6.47. The quantitative estimate of drug-likeness (QED) is 0.901. The summed E-state index contributed by atoms with van der Waals surface area (Å²) in [4.78, 5) is 22.8. The van der Waals surface area contributed by atoms with Crippen LogP contribution in [0.4, 0.5) is 13.2 Å². The van der Waals surface area contributed by atoms with E-state index in [1.165, 1.54) is 18.2 Å². The highest BCUT2D eigenvalue weighted by molar-refractivity contribution is 5.92. The Morgan fingerprint density at radius 3 is 2.39 bits per heavy atom. The summed E-state index contributed by atoms with van der Waals surface area (Å²) in [5, 5.41) is 8.33. The average molecular weight is 327 g/mol. The molecule has 0 aliphatic carbocycles. The molecule has 1 aromatic carbocycles. The largest absolute Gasteiger partial charge is 0.573 e. The van der Waals surface area contributed by atoms with Crippen molar-refractivity contribution in [2.45, 2.75) is 19.3 Å². The molecule has 0 bridgehead atoms. The SMILES string of the molecule is C[C@H](NC(=O)c1ccc(=O)[nH]n1)c1ccc(OC(F)(F)F)cc1. The second-order valence-electron chi connectivity index (χ2n) is 4.62. The van der Waals surface area contributed by atoms with Gasteiger partial charge in [0.15, 0.2) is 0 Å². The third kappa shape index (κ3) is 4.83. The van der Waals surface area contributed by atoms with Crippen molar-refractivity contribution in [2.24, 2.45) is 0 Å². The number of carbonyl (C=O) groups excluding carboxylic acids is 1. The molecule has 23 heavy (non-hydrogen) atoms. The fourth-order valence-corrected chi connectivity index (χ4v) is 1.78. The Hall–Kier alpha value is -2.84. The second-order valence-corrected chi connectivity index (χ2v) is 4.62. The lowest BCUT2D eigenvalue weighted by Crippen LogP contribution is -2.28. The lowest BCUT2D eigenvalue weighted by atomic mass is 10.1. The lowest BCUT2D eigenvalue weighted by molar-refractivity contribution is -0.274.